The molecule has 2 rings (SSSR count). The minimum absolute atomic E-state index is 0.423. The predicted octanol–water partition coefficient (Wildman–Crippen LogP) is 5.15. The summed E-state index contributed by atoms with van der Waals surface area (Å²) in [6.45, 7) is 11.0. The molecule has 0 N–H and O–H groups in total. The molecule has 2 heteroatoms. The molecule has 1 aromatic rings. The molecule has 0 bridgehead atoms. The Labute approximate surface area is 117 Å². The van der Waals surface area contributed by atoms with Gasteiger partial charge in [0, 0.05) is 11.5 Å². The van der Waals surface area contributed by atoms with Crippen LogP contribution in [0, 0.1) is 6.92 Å². The molecule has 1 aliphatic rings. The summed E-state index contributed by atoms with van der Waals surface area (Å²) < 4.78 is 13.2. The molecule has 0 radical (unpaired) electrons. The van der Waals surface area contributed by atoms with Crippen LogP contribution < -0.4 is 5.30 Å². The Kier molecular flexibility index (Phi) is 4.06. The third-order valence-corrected chi connectivity index (χ3v) is 6.98. The minimum Gasteiger partial charge on any atom is -0.314 e. The van der Waals surface area contributed by atoms with Crippen molar-refractivity contribution in [2.75, 3.05) is 6.16 Å². The van der Waals surface area contributed by atoms with E-state index in [1.807, 2.05) is 5.82 Å². The maximum atomic E-state index is 13.2. The van der Waals surface area contributed by atoms with E-state index in [2.05, 4.69) is 52.8 Å². The second-order valence-corrected chi connectivity index (χ2v) is 9.06. The third-order valence-electron chi connectivity index (χ3n) is 3.99. The summed E-state index contributed by atoms with van der Waals surface area (Å²) in [5, 5.41) is 1.14. The Balaban J connectivity index is 2.66. The first-order chi connectivity index (χ1) is 8.85. The van der Waals surface area contributed by atoms with Gasteiger partial charge in [0.15, 0.2) is 0 Å². The van der Waals surface area contributed by atoms with Crippen molar-refractivity contribution in [1.29, 1.82) is 0 Å². The highest BCUT2D eigenvalue weighted by atomic mass is 31.2. The zero-order valence-corrected chi connectivity index (χ0v) is 13.6. The molecule has 1 aliphatic heterocycles. The van der Waals surface area contributed by atoms with Gasteiger partial charge in [-0.15, -0.1) is 0 Å². The molecule has 1 atom stereocenters. The Hall–Kier alpha value is -0.810. The summed E-state index contributed by atoms with van der Waals surface area (Å²) in [5.74, 6) is 2.92. The normalized spacial score (nSPS) is 22.7. The fourth-order valence-corrected chi connectivity index (χ4v) is 5.86. The highest BCUT2D eigenvalue weighted by Gasteiger charge is 2.30. The maximum absolute atomic E-state index is 13.2. The molecule has 0 spiro atoms. The summed E-state index contributed by atoms with van der Waals surface area (Å²) >= 11 is 0. The highest BCUT2D eigenvalue weighted by molar-refractivity contribution is 7.75. The molecule has 0 aliphatic carbocycles. The average molecular weight is 276 g/mol. The smallest absolute Gasteiger partial charge is 0.136 e. The van der Waals surface area contributed by atoms with Gasteiger partial charge in [0.1, 0.15) is 7.14 Å². The van der Waals surface area contributed by atoms with Crippen molar-refractivity contribution < 1.29 is 4.57 Å². The predicted molar refractivity (Wildman–Crippen MR) is 85.2 cm³/mol. The number of allylic oxidation sites excluding steroid dienone is 1. The van der Waals surface area contributed by atoms with Crippen LogP contribution in [0.3, 0.4) is 0 Å². The molecule has 104 valence electrons. The van der Waals surface area contributed by atoms with Crippen LogP contribution >= 0.6 is 7.14 Å². The molecule has 1 nitrogen and oxygen atoms in total. The second-order valence-electron chi connectivity index (χ2n) is 6.28. The molecule has 1 aromatic carbocycles. The van der Waals surface area contributed by atoms with E-state index in [1.165, 1.54) is 16.7 Å². The van der Waals surface area contributed by atoms with Gasteiger partial charge in [-0.3, -0.25) is 0 Å². The summed E-state index contributed by atoms with van der Waals surface area (Å²) in [6.07, 6.45) is 3.86. The lowest BCUT2D eigenvalue weighted by molar-refractivity contribution is 0.587. The van der Waals surface area contributed by atoms with Crippen LogP contribution in [0.2, 0.25) is 0 Å². The van der Waals surface area contributed by atoms with Gasteiger partial charge >= 0.3 is 0 Å². The lowest BCUT2D eigenvalue weighted by atomic mass is 9.93. The van der Waals surface area contributed by atoms with Crippen molar-refractivity contribution in [3.05, 3.63) is 40.7 Å². The lowest BCUT2D eigenvalue weighted by Gasteiger charge is -2.23. The fourth-order valence-electron chi connectivity index (χ4n) is 2.90. The minimum atomic E-state index is -2.28. The van der Waals surface area contributed by atoms with Gasteiger partial charge in [-0.05, 0) is 47.7 Å². The molecule has 0 saturated carbocycles. The van der Waals surface area contributed by atoms with E-state index < -0.39 is 7.14 Å². The van der Waals surface area contributed by atoms with Crippen LogP contribution in [-0.2, 0) is 4.57 Å². The van der Waals surface area contributed by atoms with Gasteiger partial charge in [0.05, 0.1) is 0 Å². The summed E-state index contributed by atoms with van der Waals surface area (Å²) in [4.78, 5) is 0. The van der Waals surface area contributed by atoms with Crippen LogP contribution in [-0.4, -0.2) is 6.16 Å². The van der Waals surface area contributed by atoms with E-state index in [4.69, 9.17) is 0 Å². The summed E-state index contributed by atoms with van der Waals surface area (Å²) in [5.41, 5.74) is 3.86. The third kappa shape index (κ3) is 2.72. The van der Waals surface area contributed by atoms with Crippen molar-refractivity contribution in [3.63, 3.8) is 0 Å². The van der Waals surface area contributed by atoms with Gasteiger partial charge in [-0.1, -0.05) is 45.9 Å². The molecule has 0 fully saturated rings. The molecule has 1 heterocycles. The van der Waals surface area contributed by atoms with E-state index in [0.29, 0.717) is 11.8 Å². The van der Waals surface area contributed by atoms with Crippen LogP contribution in [0.1, 0.15) is 62.6 Å². The SMILES string of the molecule is Cc1cc(C(C)C)cc(C(C)C)c1P1(=O)C=CCC1. The van der Waals surface area contributed by atoms with E-state index in [-0.39, 0.29) is 0 Å². The zero-order valence-electron chi connectivity index (χ0n) is 12.7. The molecule has 0 saturated heterocycles. The Morgan fingerprint density at radius 1 is 1.11 bits per heavy atom. The van der Waals surface area contributed by atoms with Gasteiger partial charge in [0.25, 0.3) is 0 Å². The molecule has 0 aromatic heterocycles. The number of aryl methyl sites for hydroxylation is 1. The van der Waals surface area contributed by atoms with Gasteiger partial charge in [0.2, 0.25) is 0 Å². The van der Waals surface area contributed by atoms with E-state index in [9.17, 15) is 4.57 Å². The quantitative estimate of drug-likeness (QED) is 0.698. The van der Waals surface area contributed by atoms with Crippen molar-refractivity contribution in [2.24, 2.45) is 0 Å². The van der Waals surface area contributed by atoms with Gasteiger partial charge in [-0.2, -0.15) is 0 Å². The summed E-state index contributed by atoms with van der Waals surface area (Å²) in [7, 11) is -2.28. The van der Waals surface area contributed by atoms with Crippen LogP contribution in [0.25, 0.3) is 0 Å². The molecule has 0 amide bonds. The standard InChI is InChI=1S/C17H25OP/c1-12(2)15-10-14(5)17(16(11-15)13(3)4)19(18)8-6-7-9-19/h6,8,10-13H,7,9H2,1-5H3. The Bertz CT molecular complexity index is 553. The lowest BCUT2D eigenvalue weighted by Crippen LogP contribution is -2.17. The summed E-state index contributed by atoms with van der Waals surface area (Å²) in [6, 6.07) is 4.52. The van der Waals surface area contributed by atoms with E-state index >= 15 is 0 Å². The molecule has 1 unspecified atom stereocenters. The second kappa shape index (κ2) is 5.29. The largest absolute Gasteiger partial charge is 0.314 e. The Morgan fingerprint density at radius 2 is 1.79 bits per heavy atom. The number of benzene rings is 1. The fraction of sp³-hybridized carbons (Fsp3) is 0.529. The first-order valence-electron chi connectivity index (χ1n) is 7.26. The van der Waals surface area contributed by atoms with E-state index in [0.717, 1.165) is 17.9 Å². The van der Waals surface area contributed by atoms with Gasteiger partial charge in [-0.25, -0.2) is 0 Å². The van der Waals surface area contributed by atoms with Crippen molar-refractivity contribution in [1.82, 2.24) is 0 Å². The monoisotopic (exact) mass is 276 g/mol. The van der Waals surface area contributed by atoms with Crippen LogP contribution in [0.15, 0.2) is 24.0 Å². The maximum Gasteiger partial charge on any atom is 0.136 e. The van der Waals surface area contributed by atoms with Crippen molar-refractivity contribution in [2.45, 2.75) is 52.9 Å². The molecular weight excluding hydrogens is 251 g/mol. The molecule has 19 heavy (non-hydrogen) atoms. The topological polar surface area (TPSA) is 17.1 Å². The first-order valence-corrected chi connectivity index (χ1v) is 9.22. The highest BCUT2D eigenvalue weighted by Crippen LogP contribution is 2.53. The Morgan fingerprint density at radius 3 is 2.26 bits per heavy atom. The average Bonchev–Trinajstić information content (AvgIpc) is 2.75. The van der Waals surface area contributed by atoms with E-state index in [1.54, 1.807) is 0 Å². The first kappa shape index (κ1) is 14.6. The van der Waals surface area contributed by atoms with Crippen molar-refractivity contribution >= 4 is 12.4 Å². The van der Waals surface area contributed by atoms with Crippen LogP contribution in [0.4, 0.5) is 0 Å². The number of hydrogen-bond acceptors (Lipinski definition) is 1. The number of hydrogen-bond donors (Lipinski definition) is 0. The number of rotatable bonds is 3. The zero-order chi connectivity index (χ0) is 14.2. The van der Waals surface area contributed by atoms with Crippen molar-refractivity contribution in [3.8, 4) is 0 Å². The van der Waals surface area contributed by atoms with Gasteiger partial charge < -0.3 is 4.57 Å². The van der Waals surface area contributed by atoms with Crippen LogP contribution in [0.5, 0.6) is 0 Å². The molecular formula is C17H25OP.